The van der Waals surface area contributed by atoms with Crippen molar-refractivity contribution >= 4 is 0 Å². The van der Waals surface area contributed by atoms with Gasteiger partial charge in [-0.05, 0) is 51.9 Å². The second kappa shape index (κ2) is 5.55. The minimum absolute atomic E-state index is 0.939. The summed E-state index contributed by atoms with van der Waals surface area (Å²) in [6.07, 6.45) is 4.08. The van der Waals surface area contributed by atoms with Gasteiger partial charge in [-0.15, -0.1) is 0 Å². The molecular formula is C10H22N2. The van der Waals surface area contributed by atoms with Crippen molar-refractivity contribution in [1.29, 1.82) is 0 Å². The monoisotopic (exact) mass is 170 g/mol. The maximum atomic E-state index is 3.18. The van der Waals surface area contributed by atoms with Crippen LogP contribution in [-0.2, 0) is 0 Å². The molecule has 1 N–H and O–H groups in total. The summed E-state index contributed by atoms with van der Waals surface area (Å²) in [5.41, 5.74) is 0. The van der Waals surface area contributed by atoms with Crippen LogP contribution < -0.4 is 5.32 Å². The summed E-state index contributed by atoms with van der Waals surface area (Å²) in [7, 11) is 2.03. The lowest BCUT2D eigenvalue weighted by Crippen LogP contribution is -2.22. The maximum absolute atomic E-state index is 3.18. The Hall–Kier alpha value is -0.0800. The minimum atomic E-state index is 0.939. The highest BCUT2D eigenvalue weighted by Crippen LogP contribution is 2.14. The molecule has 0 aromatic carbocycles. The topological polar surface area (TPSA) is 15.3 Å². The van der Waals surface area contributed by atoms with Crippen molar-refractivity contribution in [2.45, 2.75) is 26.2 Å². The summed E-state index contributed by atoms with van der Waals surface area (Å²) in [5.74, 6) is 0.939. The Morgan fingerprint density at radius 3 is 2.83 bits per heavy atom. The van der Waals surface area contributed by atoms with Gasteiger partial charge in [0.1, 0.15) is 0 Å². The third kappa shape index (κ3) is 3.55. The fraction of sp³-hybridized carbons (Fsp3) is 1.00. The van der Waals surface area contributed by atoms with Gasteiger partial charge in [-0.1, -0.05) is 6.92 Å². The standard InChI is InChI=1S/C10H22N2/c1-10-5-8-12(9-10)7-4-3-6-11-2/h10-11H,3-9H2,1-2H3. The average molecular weight is 170 g/mol. The average Bonchev–Trinajstić information content (AvgIpc) is 2.45. The molecule has 1 rings (SSSR count). The first-order chi connectivity index (χ1) is 5.83. The molecular weight excluding hydrogens is 148 g/mol. The van der Waals surface area contributed by atoms with Crippen molar-refractivity contribution in [3.63, 3.8) is 0 Å². The van der Waals surface area contributed by atoms with Crippen LogP contribution in [0.2, 0.25) is 0 Å². The van der Waals surface area contributed by atoms with Crippen molar-refractivity contribution in [1.82, 2.24) is 10.2 Å². The van der Waals surface area contributed by atoms with Gasteiger partial charge in [0.15, 0.2) is 0 Å². The fourth-order valence-corrected chi connectivity index (χ4v) is 1.87. The molecule has 0 saturated carbocycles. The number of nitrogens with zero attached hydrogens (tertiary/aromatic N) is 1. The SMILES string of the molecule is CNCCCCN1CCC(C)C1. The van der Waals surface area contributed by atoms with E-state index in [0.29, 0.717) is 0 Å². The summed E-state index contributed by atoms with van der Waals surface area (Å²) in [6.45, 7) is 7.50. The van der Waals surface area contributed by atoms with E-state index in [2.05, 4.69) is 17.1 Å². The molecule has 2 nitrogen and oxygen atoms in total. The van der Waals surface area contributed by atoms with E-state index in [1.165, 1.54) is 45.4 Å². The van der Waals surface area contributed by atoms with Crippen molar-refractivity contribution in [2.75, 3.05) is 33.2 Å². The van der Waals surface area contributed by atoms with E-state index in [4.69, 9.17) is 0 Å². The lowest BCUT2D eigenvalue weighted by molar-refractivity contribution is 0.319. The first-order valence-corrected chi connectivity index (χ1v) is 5.20. The number of nitrogens with one attached hydrogen (secondary N) is 1. The molecule has 0 aromatic heterocycles. The third-order valence-corrected chi connectivity index (χ3v) is 2.66. The highest BCUT2D eigenvalue weighted by Gasteiger charge is 2.17. The normalized spacial score (nSPS) is 25.0. The van der Waals surface area contributed by atoms with Gasteiger partial charge in [0, 0.05) is 6.54 Å². The predicted octanol–water partition coefficient (Wildman–Crippen LogP) is 1.33. The molecule has 72 valence electrons. The van der Waals surface area contributed by atoms with Crippen molar-refractivity contribution in [3.05, 3.63) is 0 Å². The smallest absolute Gasteiger partial charge is 0.000750 e. The van der Waals surface area contributed by atoms with Crippen LogP contribution in [0.5, 0.6) is 0 Å². The van der Waals surface area contributed by atoms with E-state index in [9.17, 15) is 0 Å². The first kappa shape index (κ1) is 10.0. The van der Waals surface area contributed by atoms with Crippen LogP contribution in [-0.4, -0.2) is 38.1 Å². The highest BCUT2D eigenvalue weighted by atomic mass is 15.1. The number of rotatable bonds is 5. The Balaban J connectivity index is 1.93. The van der Waals surface area contributed by atoms with Gasteiger partial charge in [-0.25, -0.2) is 0 Å². The van der Waals surface area contributed by atoms with Crippen LogP contribution in [0.15, 0.2) is 0 Å². The maximum Gasteiger partial charge on any atom is 0.000750 e. The molecule has 1 saturated heterocycles. The Morgan fingerprint density at radius 2 is 2.25 bits per heavy atom. The van der Waals surface area contributed by atoms with Crippen molar-refractivity contribution in [2.24, 2.45) is 5.92 Å². The summed E-state index contributed by atoms with van der Waals surface area (Å²) in [5, 5.41) is 3.18. The molecule has 0 bridgehead atoms. The summed E-state index contributed by atoms with van der Waals surface area (Å²) >= 11 is 0. The van der Waals surface area contributed by atoms with E-state index >= 15 is 0 Å². The van der Waals surface area contributed by atoms with Crippen LogP contribution in [0.25, 0.3) is 0 Å². The van der Waals surface area contributed by atoms with E-state index < -0.39 is 0 Å². The molecule has 2 heteroatoms. The quantitative estimate of drug-likeness (QED) is 0.626. The molecule has 1 heterocycles. The number of hydrogen-bond donors (Lipinski definition) is 1. The lowest BCUT2D eigenvalue weighted by Gasteiger charge is -2.14. The van der Waals surface area contributed by atoms with Crippen LogP contribution in [0.3, 0.4) is 0 Å². The molecule has 12 heavy (non-hydrogen) atoms. The van der Waals surface area contributed by atoms with Crippen LogP contribution >= 0.6 is 0 Å². The molecule has 1 unspecified atom stereocenters. The van der Waals surface area contributed by atoms with Gasteiger partial charge in [0.25, 0.3) is 0 Å². The Bertz CT molecular complexity index is 114. The van der Waals surface area contributed by atoms with Gasteiger partial charge < -0.3 is 10.2 Å². The zero-order valence-electron chi connectivity index (χ0n) is 8.47. The predicted molar refractivity (Wildman–Crippen MR) is 53.4 cm³/mol. The highest BCUT2D eigenvalue weighted by molar-refractivity contribution is 4.71. The van der Waals surface area contributed by atoms with Gasteiger partial charge in [0.2, 0.25) is 0 Å². The molecule has 0 spiro atoms. The van der Waals surface area contributed by atoms with Crippen LogP contribution in [0, 0.1) is 5.92 Å². The largest absolute Gasteiger partial charge is 0.320 e. The lowest BCUT2D eigenvalue weighted by atomic mass is 10.2. The number of likely N-dealkylation sites (tertiary alicyclic amines) is 1. The van der Waals surface area contributed by atoms with E-state index in [1.807, 2.05) is 7.05 Å². The zero-order valence-corrected chi connectivity index (χ0v) is 8.47. The van der Waals surface area contributed by atoms with Crippen molar-refractivity contribution < 1.29 is 0 Å². The van der Waals surface area contributed by atoms with Gasteiger partial charge >= 0.3 is 0 Å². The minimum Gasteiger partial charge on any atom is -0.320 e. The summed E-state index contributed by atoms with van der Waals surface area (Å²) in [4.78, 5) is 2.60. The molecule has 0 amide bonds. The zero-order chi connectivity index (χ0) is 8.81. The second-order valence-electron chi connectivity index (χ2n) is 4.01. The fourth-order valence-electron chi connectivity index (χ4n) is 1.87. The second-order valence-corrected chi connectivity index (χ2v) is 4.01. The molecule has 0 aromatic rings. The molecule has 0 radical (unpaired) electrons. The van der Waals surface area contributed by atoms with Crippen LogP contribution in [0.4, 0.5) is 0 Å². The Labute approximate surface area is 76.3 Å². The van der Waals surface area contributed by atoms with Gasteiger partial charge in [0.05, 0.1) is 0 Å². The molecule has 1 fully saturated rings. The van der Waals surface area contributed by atoms with Gasteiger partial charge in [-0.2, -0.15) is 0 Å². The molecule has 0 aliphatic carbocycles. The first-order valence-electron chi connectivity index (χ1n) is 5.20. The Kier molecular flexibility index (Phi) is 4.62. The number of unbranched alkanes of at least 4 members (excludes halogenated alkanes) is 1. The van der Waals surface area contributed by atoms with Crippen molar-refractivity contribution in [3.8, 4) is 0 Å². The van der Waals surface area contributed by atoms with Crippen LogP contribution in [0.1, 0.15) is 26.2 Å². The number of hydrogen-bond acceptors (Lipinski definition) is 2. The van der Waals surface area contributed by atoms with E-state index in [1.54, 1.807) is 0 Å². The molecule has 1 aliphatic rings. The van der Waals surface area contributed by atoms with E-state index in [0.717, 1.165) is 5.92 Å². The molecule has 1 aliphatic heterocycles. The Morgan fingerprint density at radius 1 is 1.42 bits per heavy atom. The van der Waals surface area contributed by atoms with E-state index in [-0.39, 0.29) is 0 Å². The third-order valence-electron chi connectivity index (χ3n) is 2.66. The molecule has 1 atom stereocenters. The summed E-state index contributed by atoms with van der Waals surface area (Å²) in [6, 6.07) is 0. The summed E-state index contributed by atoms with van der Waals surface area (Å²) < 4.78 is 0. The van der Waals surface area contributed by atoms with Gasteiger partial charge in [-0.3, -0.25) is 0 Å².